The van der Waals surface area contributed by atoms with Crippen molar-refractivity contribution in [3.8, 4) is 0 Å². The van der Waals surface area contributed by atoms with E-state index in [1.54, 1.807) is 65.2 Å². The van der Waals surface area contributed by atoms with Crippen LogP contribution in [-0.2, 0) is 7.05 Å². The third-order valence-corrected chi connectivity index (χ3v) is 5.50. The summed E-state index contributed by atoms with van der Waals surface area (Å²) in [5.74, 6) is 0.572. The molecule has 1 saturated heterocycles. The van der Waals surface area contributed by atoms with E-state index in [0.29, 0.717) is 35.3 Å². The number of piperidine rings is 1. The number of nitrogens with one attached hydrogen (secondary N) is 2. The second-order valence-electron chi connectivity index (χ2n) is 7.08. The zero-order valence-corrected chi connectivity index (χ0v) is 17.2. The van der Waals surface area contributed by atoms with E-state index in [-0.39, 0.29) is 11.9 Å². The van der Waals surface area contributed by atoms with Gasteiger partial charge in [0.2, 0.25) is 0 Å². The van der Waals surface area contributed by atoms with E-state index < -0.39 is 6.03 Å². The molecule has 0 aliphatic carbocycles. The SMILES string of the molecule is Cn1nccc1C(=O)N1CCC(n2nccc2NC(=O)Nc2ccccc2Cl)CC1. The number of carbonyl (C=O) groups is 2. The first-order chi connectivity index (χ1) is 14.5. The number of hydrogen-bond acceptors (Lipinski definition) is 4. The fourth-order valence-electron chi connectivity index (χ4n) is 3.60. The Morgan fingerprint density at radius 3 is 2.47 bits per heavy atom. The highest BCUT2D eigenvalue weighted by molar-refractivity contribution is 6.33. The molecule has 30 heavy (non-hydrogen) atoms. The number of likely N-dealkylation sites (tertiary alicyclic amines) is 1. The van der Waals surface area contributed by atoms with Crippen LogP contribution in [0.2, 0.25) is 5.02 Å². The van der Waals surface area contributed by atoms with E-state index in [2.05, 4.69) is 20.8 Å². The lowest BCUT2D eigenvalue weighted by atomic mass is 10.0. The van der Waals surface area contributed by atoms with Crippen molar-refractivity contribution in [3.63, 3.8) is 0 Å². The molecule has 0 atom stereocenters. The van der Waals surface area contributed by atoms with E-state index in [1.807, 2.05) is 4.90 Å². The molecular weight excluding hydrogens is 406 g/mol. The predicted octanol–water partition coefficient (Wildman–Crippen LogP) is 3.39. The van der Waals surface area contributed by atoms with Crippen LogP contribution in [0, 0.1) is 0 Å². The van der Waals surface area contributed by atoms with Gasteiger partial charge in [-0.2, -0.15) is 10.2 Å². The van der Waals surface area contributed by atoms with Crippen molar-refractivity contribution in [2.75, 3.05) is 23.7 Å². The van der Waals surface area contributed by atoms with Gasteiger partial charge >= 0.3 is 6.03 Å². The Morgan fingerprint density at radius 2 is 1.77 bits per heavy atom. The van der Waals surface area contributed by atoms with Crippen molar-refractivity contribution in [3.05, 3.63) is 59.5 Å². The van der Waals surface area contributed by atoms with Crippen molar-refractivity contribution in [2.24, 2.45) is 7.05 Å². The summed E-state index contributed by atoms with van der Waals surface area (Å²) in [5.41, 5.74) is 1.11. The molecule has 9 nitrogen and oxygen atoms in total. The largest absolute Gasteiger partial charge is 0.337 e. The number of amides is 3. The Labute approximate surface area is 178 Å². The number of aromatic nitrogens is 4. The van der Waals surface area contributed by atoms with Crippen LogP contribution < -0.4 is 10.6 Å². The topological polar surface area (TPSA) is 97.1 Å². The minimum Gasteiger partial charge on any atom is -0.337 e. The number of urea groups is 1. The summed E-state index contributed by atoms with van der Waals surface area (Å²) in [6, 6.07) is 10.2. The molecule has 3 heterocycles. The van der Waals surface area contributed by atoms with Gasteiger partial charge in [0.25, 0.3) is 5.91 Å². The molecule has 0 spiro atoms. The van der Waals surface area contributed by atoms with Crippen molar-refractivity contribution >= 4 is 35.0 Å². The smallest absolute Gasteiger partial charge is 0.324 e. The summed E-state index contributed by atoms with van der Waals surface area (Å²) in [5, 5.41) is 14.5. The first-order valence-electron chi connectivity index (χ1n) is 9.66. The monoisotopic (exact) mass is 427 g/mol. The highest BCUT2D eigenvalue weighted by Crippen LogP contribution is 2.26. The molecular formula is C20H22ClN7O2. The first kappa shape index (κ1) is 20.0. The third-order valence-electron chi connectivity index (χ3n) is 5.17. The van der Waals surface area contributed by atoms with Gasteiger partial charge in [-0.25, -0.2) is 9.48 Å². The lowest BCUT2D eigenvalue weighted by molar-refractivity contribution is 0.0680. The maximum absolute atomic E-state index is 12.7. The molecule has 3 amide bonds. The van der Waals surface area contributed by atoms with Crippen LogP contribution in [0.5, 0.6) is 0 Å². The number of aryl methyl sites for hydroxylation is 1. The van der Waals surface area contributed by atoms with Crippen molar-refractivity contribution in [1.29, 1.82) is 0 Å². The van der Waals surface area contributed by atoms with Gasteiger partial charge in [0.1, 0.15) is 11.5 Å². The van der Waals surface area contributed by atoms with Gasteiger partial charge in [-0.1, -0.05) is 23.7 Å². The van der Waals surface area contributed by atoms with Gasteiger partial charge < -0.3 is 10.2 Å². The van der Waals surface area contributed by atoms with Gasteiger partial charge in [0, 0.05) is 32.4 Å². The number of rotatable bonds is 4. The van der Waals surface area contributed by atoms with E-state index >= 15 is 0 Å². The van der Waals surface area contributed by atoms with E-state index in [0.717, 1.165) is 12.8 Å². The highest BCUT2D eigenvalue weighted by Gasteiger charge is 2.27. The normalized spacial score (nSPS) is 14.5. The molecule has 2 aromatic heterocycles. The summed E-state index contributed by atoms with van der Waals surface area (Å²) in [6.07, 6.45) is 4.76. The van der Waals surface area contributed by atoms with Gasteiger partial charge in [-0.05, 0) is 31.0 Å². The Bertz CT molecular complexity index is 1050. The molecule has 3 aromatic rings. The molecule has 1 aromatic carbocycles. The lowest BCUT2D eigenvalue weighted by Gasteiger charge is -2.32. The van der Waals surface area contributed by atoms with Crippen LogP contribution in [0.25, 0.3) is 0 Å². The van der Waals surface area contributed by atoms with Gasteiger partial charge in [-0.15, -0.1) is 0 Å². The summed E-state index contributed by atoms with van der Waals surface area (Å²) >= 11 is 6.09. The number of carbonyl (C=O) groups excluding carboxylic acids is 2. The molecule has 1 fully saturated rings. The second-order valence-corrected chi connectivity index (χ2v) is 7.49. The molecule has 0 saturated carbocycles. The number of para-hydroxylation sites is 1. The Morgan fingerprint density at radius 1 is 1.03 bits per heavy atom. The number of nitrogens with zero attached hydrogens (tertiary/aromatic N) is 5. The predicted molar refractivity (Wildman–Crippen MR) is 114 cm³/mol. The zero-order valence-electron chi connectivity index (χ0n) is 16.5. The van der Waals surface area contributed by atoms with E-state index in [1.165, 1.54) is 0 Å². The van der Waals surface area contributed by atoms with E-state index in [9.17, 15) is 9.59 Å². The average Bonchev–Trinajstić information content (AvgIpc) is 3.38. The fraction of sp³-hybridized carbons (Fsp3) is 0.300. The summed E-state index contributed by atoms with van der Waals surface area (Å²) < 4.78 is 3.39. The standard InChI is InChI=1S/C20H22ClN7O2/c1-26-17(6-10-22-26)19(29)27-12-8-14(9-13-27)28-18(7-11-23-28)25-20(30)24-16-5-3-2-4-15(16)21/h2-7,10-11,14H,8-9,12-13H2,1H3,(H2,24,25,30). The summed E-state index contributed by atoms with van der Waals surface area (Å²) in [6.45, 7) is 1.22. The van der Waals surface area contributed by atoms with Gasteiger partial charge in [-0.3, -0.25) is 14.8 Å². The molecule has 1 aliphatic rings. The number of benzene rings is 1. The molecule has 10 heteroatoms. The third kappa shape index (κ3) is 4.16. The number of anilines is 2. The first-order valence-corrected chi connectivity index (χ1v) is 10.0. The Hall–Kier alpha value is -3.33. The molecule has 1 aliphatic heterocycles. The maximum Gasteiger partial charge on any atom is 0.324 e. The van der Waals surface area contributed by atoms with Crippen LogP contribution >= 0.6 is 11.6 Å². The maximum atomic E-state index is 12.7. The van der Waals surface area contributed by atoms with Crippen LogP contribution in [0.1, 0.15) is 29.4 Å². The van der Waals surface area contributed by atoms with Crippen LogP contribution in [0.4, 0.5) is 16.3 Å². The highest BCUT2D eigenvalue weighted by atomic mass is 35.5. The van der Waals surface area contributed by atoms with Crippen molar-refractivity contribution in [1.82, 2.24) is 24.5 Å². The van der Waals surface area contributed by atoms with E-state index in [4.69, 9.17) is 11.6 Å². The molecule has 4 rings (SSSR count). The Kier molecular flexibility index (Phi) is 5.71. The van der Waals surface area contributed by atoms with Gasteiger partial charge in [0.05, 0.1) is 22.9 Å². The van der Waals surface area contributed by atoms with Crippen LogP contribution in [0.15, 0.2) is 48.8 Å². The van der Waals surface area contributed by atoms with Crippen molar-refractivity contribution in [2.45, 2.75) is 18.9 Å². The quantitative estimate of drug-likeness (QED) is 0.666. The zero-order chi connectivity index (χ0) is 21.1. The minimum absolute atomic E-state index is 0.0219. The lowest BCUT2D eigenvalue weighted by Crippen LogP contribution is -2.40. The molecule has 0 unspecified atom stereocenters. The second kappa shape index (κ2) is 8.58. The Balaban J connectivity index is 1.37. The molecule has 156 valence electrons. The van der Waals surface area contributed by atoms with Gasteiger partial charge in [0.15, 0.2) is 0 Å². The minimum atomic E-state index is -0.395. The number of halogens is 1. The summed E-state index contributed by atoms with van der Waals surface area (Å²) in [7, 11) is 1.76. The number of hydrogen-bond donors (Lipinski definition) is 2. The van der Waals surface area contributed by atoms with Crippen LogP contribution in [0.3, 0.4) is 0 Å². The molecule has 0 radical (unpaired) electrons. The average molecular weight is 428 g/mol. The summed E-state index contributed by atoms with van der Waals surface area (Å²) in [4.78, 5) is 26.9. The fourth-order valence-corrected chi connectivity index (χ4v) is 3.78. The van der Waals surface area contributed by atoms with Crippen molar-refractivity contribution < 1.29 is 9.59 Å². The molecule has 2 N–H and O–H groups in total. The van der Waals surface area contributed by atoms with Crippen LogP contribution in [-0.4, -0.2) is 49.5 Å². The molecule has 0 bridgehead atoms.